The average molecular weight is 399 g/mol. The first-order chi connectivity index (χ1) is 14.5. The van der Waals surface area contributed by atoms with E-state index in [9.17, 15) is 4.79 Å². The highest BCUT2D eigenvalue weighted by molar-refractivity contribution is 5.88. The molecule has 0 aliphatic carbocycles. The molecule has 1 aromatic heterocycles. The van der Waals surface area contributed by atoms with Crippen molar-refractivity contribution in [3.63, 3.8) is 0 Å². The summed E-state index contributed by atoms with van der Waals surface area (Å²) in [5.41, 5.74) is 3.00. The Kier molecular flexibility index (Phi) is 5.53. The lowest BCUT2D eigenvalue weighted by molar-refractivity contribution is -0.131. The standard InChI is InChI=1S/C25H25N3O2/c1-18(20-9-10-22-14-24(30-3)12-11-21(22)13-20)25(29)27(2)16-19-15-26-28(17-19)23-7-5-4-6-8-23/h4-15,17-18H,16H2,1-3H3/t18-/m0/s1. The van der Waals surface area contributed by atoms with Crippen LogP contribution in [0.5, 0.6) is 5.75 Å². The number of hydrogen-bond donors (Lipinski definition) is 0. The van der Waals surface area contributed by atoms with Crippen molar-refractivity contribution in [1.29, 1.82) is 0 Å². The Morgan fingerprint density at radius 3 is 2.57 bits per heavy atom. The topological polar surface area (TPSA) is 47.4 Å². The highest BCUT2D eigenvalue weighted by atomic mass is 16.5. The molecule has 0 N–H and O–H groups in total. The Labute approximate surface area is 176 Å². The molecule has 0 unspecified atom stereocenters. The van der Waals surface area contributed by atoms with E-state index in [1.165, 1.54) is 0 Å². The van der Waals surface area contributed by atoms with Gasteiger partial charge in [-0.2, -0.15) is 5.10 Å². The largest absolute Gasteiger partial charge is 0.497 e. The molecule has 0 fully saturated rings. The monoisotopic (exact) mass is 399 g/mol. The van der Waals surface area contributed by atoms with Gasteiger partial charge in [0.2, 0.25) is 5.91 Å². The van der Waals surface area contributed by atoms with E-state index in [4.69, 9.17) is 4.74 Å². The molecule has 0 aliphatic heterocycles. The van der Waals surface area contributed by atoms with Crippen molar-refractivity contribution in [2.24, 2.45) is 0 Å². The van der Waals surface area contributed by atoms with Crippen LogP contribution in [0.15, 0.2) is 79.1 Å². The molecule has 0 aliphatic rings. The van der Waals surface area contributed by atoms with Gasteiger partial charge in [-0.15, -0.1) is 0 Å². The van der Waals surface area contributed by atoms with Crippen LogP contribution in [0.25, 0.3) is 16.5 Å². The molecule has 1 heterocycles. The summed E-state index contributed by atoms with van der Waals surface area (Å²) >= 11 is 0. The summed E-state index contributed by atoms with van der Waals surface area (Å²) < 4.78 is 7.12. The van der Waals surface area contributed by atoms with Gasteiger partial charge < -0.3 is 9.64 Å². The van der Waals surface area contributed by atoms with E-state index in [0.29, 0.717) is 6.54 Å². The molecule has 152 valence electrons. The number of nitrogens with zero attached hydrogens (tertiary/aromatic N) is 3. The fourth-order valence-electron chi connectivity index (χ4n) is 3.63. The molecule has 4 aromatic rings. The van der Waals surface area contributed by atoms with Gasteiger partial charge in [-0.25, -0.2) is 4.68 Å². The normalized spacial score (nSPS) is 12.0. The van der Waals surface area contributed by atoms with Crippen molar-refractivity contribution in [1.82, 2.24) is 14.7 Å². The number of hydrogen-bond acceptors (Lipinski definition) is 3. The molecule has 0 saturated carbocycles. The number of aromatic nitrogens is 2. The van der Waals surface area contributed by atoms with Crippen LogP contribution in [0.4, 0.5) is 0 Å². The number of carbonyl (C=O) groups excluding carboxylic acids is 1. The van der Waals surface area contributed by atoms with E-state index in [1.54, 1.807) is 12.0 Å². The predicted octanol–water partition coefficient (Wildman–Crippen LogP) is 4.80. The van der Waals surface area contributed by atoms with Gasteiger partial charge in [0, 0.05) is 25.4 Å². The van der Waals surface area contributed by atoms with Gasteiger partial charge in [-0.1, -0.05) is 42.5 Å². The molecule has 5 nitrogen and oxygen atoms in total. The lowest BCUT2D eigenvalue weighted by Crippen LogP contribution is -2.30. The van der Waals surface area contributed by atoms with Crippen LogP contribution < -0.4 is 4.74 Å². The van der Waals surface area contributed by atoms with Crippen LogP contribution in [0.3, 0.4) is 0 Å². The Balaban J connectivity index is 1.47. The van der Waals surface area contributed by atoms with Crippen LogP contribution in [0.2, 0.25) is 0 Å². The van der Waals surface area contributed by atoms with Gasteiger partial charge in [0.05, 0.1) is 24.9 Å². The minimum atomic E-state index is -0.231. The Morgan fingerprint density at radius 2 is 1.80 bits per heavy atom. The maximum absolute atomic E-state index is 13.0. The minimum Gasteiger partial charge on any atom is -0.497 e. The lowest BCUT2D eigenvalue weighted by atomic mass is 9.96. The molecule has 5 heteroatoms. The van der Waals surface area contributed by atoms with E-state index >= 15 is 0 Å². The Morgan fingerprint density at radius 1 is 1.07 bits per heavy atom. The van der Waals surface area contributed by atoms with Crippen molar-refractivity contribution < 1.29 is 9.53 Å². The molecular weight excluding hydrogens is 374 g/mol. The number of likely N-dealkylation sites (N-methyl/N-ethyl adjacent to an activating group) is 1. The summed E-state index contributed by atoms with van der Waals surface area (Å²) in [6, 6.07) is 22.1. The number of rotatable bonds is 6. The second-order valence-electron chi connectivity index (χ2n) is 7.52. The van der Waals surface area contributed by atoms with Gasteiger partial charge in [0.25, 0.3) is 0 Å². The third kappa shape index (κ3) is 4.06. The molecule has 0 radical (unpaired) electrons. The van der Waals surface area contributed by atoms with Crippen LogP contribution in [-0.4, -0.2) is 34.7 Å². The van der Waals surface area contributed by atoms with Crippen molar-refractivity contribution in [2.45, 2.75) is 19.4 Å². The van der Waals surface area contributed by atoms with Gasteiger partial charge in [0.15, 0.2) is 0 Å². The van der Waals surface area contributed by atoms with Crippen molar-refractivity contribution in [3.05, 3.63) is 90.3 Å². The Hall–Kier alpha value is -3.60. The van der Waals surface area contributed by atoms with Gasteiger partial charge in [-0.05, 0) is 47.5 Å². The van der Waals surface area contributed by atoms with E-state index in [0.717, 1.165) is 33.3 Å². The number of fused-ring (bicyclic) bond motifs is 1. The zero-order valence-electron chi connectivity index (χ0n) is 17.4. The second-order valence-corrected chi connectivity index (χ2v) is 7.52. The third-order valence-electron chi connectivity index (χ3n) is 5.39. The van der Waals surface area contributed by atoms with Crippen molar-refractivity contribution in [2.75, 3.05) is 14.2 Å². The van der Waals surface area contributed by atoms with Crippen LogP contribution in [-0.2, 0) is 11.3 Å². The summed E-state index contributed by atoms with van der Waals surface area (Å²) in [6.45, 7) is 2.47. The van der Waals surface area contributed by atoms with Gasteiger partial charge >= 0.3 is 0 Å². The van der Waals surface area contributed by atoms with Crippen LogP contribution in [0.1, 0.15) is 24.0 Å². The summed E-state index contributed by atoms with van der Waals surface area (Å²) in [6.07, 6.45) is 3.78. The molecule has 1 atom stereocenters. The number of carbonyl (C=O) groups is 1. The van der Waals surface area contributed by atoms with Gasteiger partial charge in [0.1, 0.15) is 5.75 Å². The zero-order chi connectivity index (χ0) is 21.1. The zero-order valence-corrected chi connectivity index (χ0v) is 17.4. The number of methoxy groups -OCH3 is 1. The average Bonchev–Trinajstić information content (AvgIpc) is 3.26. The molecule has 0 spiro atoms. The maximum Gasteiger partial charge on any atom is 0.229 e. The molecule has 1 amide bonds. The van der Waals surface area contributed by atoms with Crippen LogP contribution in [0, 0.1) is 0 Å². The first kappa shape index (κ1) is 19.7. The highest BCUT2D eigenvalue weighted by Gasteiger charge is 2.20. The summed E-state index contributed by atoms with van der Waals surface area (Å²) in [7, 11) is 3.50. The smallest absolute Gasteiger partial charge is 0.229 e. The summed E-state index contributed by atoms with van der Waals surface area (Å²) in [5.74, 6) is 0.677. The second kappa shape index (κ2) is 8.41. The number of benzene rings is 3. The molecule has 4 rings (SSSR count). The Bertz CT molecular complexity index is 1170. The number of amides is 1. The van der Waals surface area contributed by atoms with E-state index in [-0.39, 0.29) is 11.8 Å². The maximum atomic E-state index is 13.0. The highest BCUT2D eigenvalue weighted by Crippen LogP contribution is 2.26. The minimum absolute atomic E-state index is 0.0790. The summed E-state index contributed by atoms with van der Waals surface area (Å²) in [5, 5.41) is 6.61. The molecule has 30 heavy (non-hydrogen) atoms. The lowest BCUT2D eigenvalue weighted by Gasteiger charge is -2.21. The number of para-hydroxylation sites is 1. The fourth-order valence-corrected chi connectivity index (χ4v) is 3.63. The van der Waals surface area contributed by atoms with Crippen molar-refractivity contribution in [3.8, 4) is 11.4 Å². The molecule has 0 saturated heterocycles. The van der Waals surface area contributed by atoms with E-state index in [1.807, 2.05) is 91.7 Å². The molecular formula is C25H25N3O2. The van der Waals surface area contributed by atoms with Crippen LogP contribution >= 0.6 is 0 Å². The molecule has 3 aromatic carbocycles. The first-order valence-electron chi connectivity index (χ1n) is 9.97. The first-order valence-corrected chi connectivity index (χ1v) is 9.97. The third-order valence-corrected chi connectivity index (χ3v) is 5.39. The van der Waals surface area contributed by atoms with Gasteiger partial charge in [-0.3, -0.25) is 4.79 Å². The van der Waals surface area contributed by atoms with Crippen molar-refractivity contribution >= 4 is 16.7 Å². The number of ether oxygens (including phenoxy) is 1. The SMILES string of the molecule is COc1ccc2cc([C@H](C)C(=O)N(C)Cc3cnn(-c4ccccc4)c3)ccc2c1. The predicted molar refractivity (Wildman–Crippen MR) is 119 cm³/mol. The fraction of sp³-hybridized carbons (Fsp3) is 0.200. The van der Waals surface area contributed by atoms with E-state index in [2.05, 4.69) is 11.2 Å². The molecule has 0 bridgehead atoms. The van der Waals surface area contributed by atoms with E-state index < -0.39 is 0 Å². The quantitative estimate of drug-likeness (QED) is 0.468. The summed E-state index contributed by atoms with van der Waals surface area (Å²) in [4.78, 5) is 14.8.